The molecule has 0 N–H and O–H groups in total. The van der Waals surface area contributed by atoms with Crippen LogP contribution in [-0.4, -0.2) is 37.1 Å². The van der Waals surface area contributed by atoms with Crippen LogP contribution in [0.25, 0.3) is 0 Å². The van der Waals surface area contributed by atoms with Crippen LogP contribution in [0.3, 0.4) is 0 Å². The van der Waals surface area contributed by atoms with Crippen molar-refractivity contribution in [2.45, 2.75) is 52.0 Å². The molecule has 1 rings (SSSR count). The second-order valence-corrected chi connectivity index (χ2v) is 4.87. The molecular weight excluding hydrogens is 202 g/mol. The SMILES string of the molecule is CCOC(=O)C(C)N(C)CC1CCCCC1. The fourth-order valence-electron chi connectivity index (χ4n) is 2.38. The lowest BCUT2D eigenvalue weighted by Gasteiger charge is -2.29. The van der Waals surface area contributed by atoms with E-state index in [2.05, 4.69) is 4.90 Å². The van der Waals surface area contributed by atoms with Crippen molar-refractivity contribution in [3.63, 3.8) is 0 Å². The van der Waals surface area contributed by atoms with Crippen molar-refractivity contribution in [2.75, 3.05) is 20.2 Å². The van der Waals surface area contributed by atoms with Gasteiger partial charge < -0.3 is 4.74 Å². The highest BCUT2D eigenvalue weighted by molar-refractivity contribution is 5.75. The summed E-state index contributed by atoms with van der Waals surface area (Å²) in [6.07, 6.45) is 6.73. The first-order valence-electron chi connectivity index (χ1n) is 6.52. The fraction of sp³-hybridized carbons (Fsp3) is 0.923. The molecule has 1 atom stereocenters. The molecular formula is C13H25NO2. The van der Waals surface area contributed by atoms with Crippen molar-refractivity contribution in [3.05, 3.63) is 0 Å². The molecule has 0 heterocycles. The maximum Gasteiger partial charge on any atom is 0.323 e. The van der Waals surface area contributed by atoms with E-state index < -0.39 is 0 Å². The largest absolute Gasteiger partial charge is 0.465 e. The van der Waals surface area contributed by atoms with Crippen molar-refractivity contribution in [3.8, 4) is 0 Å². The van der Waals surface area contributed by atoms with E-state index in [4.69, 9.17) is 4.74 Å². The fourth-order valence-corrected chi connectivity index (χ4v) is 2.38. The van der Waals surface area contributed by atoms with Crippen LogP contribution in [0, 0.1) is 5.92 Å². The Morgan fingerprint density at radius 2 is 2.00 bits per heavy atom. The third-order valence-corrected chi connectivity index (χ3v) is 3.56. The van der Waals surface area contributed by atoms with Gasteiger partial charge in [-0.05, 0) is 39.7 Å². The molecule has 0 bridgehead atoms. The van der Waals surface area contributed by atoms with Crippen molar-refractivity contribution in [2.24, 2.45) is 5.92 Å². The van der Waals surface area contributed by atoms with Crippen LogP contribution in [0.2, 0.25) is 0 Å². The normalized spacial score (nSPS) is 19.8. The summed E-state index contributed by atoms with van der Waals surface area (Å²) in [6.45, 7) is 5.28. The Bertz CT molecular complexity index is 212. The number of esters is 1. The van der Waals surface area contributed by atoms with Gasteiger partial charge in [0, 0.05) is 6.54 Å². The van der Waals surface area contributed by atoms with Crippen LogP contribution in [0.4, 0.5) is 0 Å². The number of hydrogen-bond donors (Lipinski definition) is 0. The van der Waals surface area contributed by atoms with Crippen LogP contribution in [0.1, 0.15) is 46.0 Å². The summed E-state index contributed by atoms with van der Waals surface area (Å²) >= 11 is 0. The zero-order chi connectivity index (χ0) is 12.0. The average Bonchev–Trinajstić information content (AvgIpc) is 2.29. The zero-order valence-electron chi connectivity index (χ0n) is 10.9. The lowest BCUT2D eigenvalue weighted by atomic mass is 9.89. The molecule has 0 aromatic carbocycles. The van der Waals surface area contributed by atoms with E-state index >= 15 is 0 Å². The topological polar surface area (TPSA) is 29.5 Å². The number of hydrogen-bond acceptors (Lipinski definition) is 3. The molecule has 3 nitrogen and oxygen atoms in total. The first kappa shape index (κ1) is 13.5. The highest BCUT2D eigenvalue weighted by Gasteiger charge is 2.22. The van der Waals surface area contributed by atoms with Gasteiger partial charge in [0.05, 0.1) is 6.61 Å². The van der Waals surface area contributed by atoms with Crippen LogP contribution in [0.15, 0.2) is 0 Å². The van der Waals surface area contributed by atoms with Gasteiger partial charge in [0.25, 0.3) is 0 Å². The van der Waals surface area contributed by atoms with Crippen LogP contribution < -0.4 is 0 Å². The van der Waals surface area contributed by atoms with Gasteiger partial charge in [-0.15, -0.1) is 0 Å². The van der Waals surface area contributed by atoms with Gasteiger partial charge in [0.2, 0.25) is 0 Å². The van der Waals surface area contributed by atoms with Gasteiger partial charge in [-0.2, -0.15) is 0 Å². The minimum Gasteiger partial charge on any atom is -0.465 e. The summed E-state index contributed by atoms with van der Waals surface area (Å²) in [7, 11) is 2.02. The van der Waals surface area contributed by atoms with Crippen molar-refractivity contribution in [1.29, 1.82) is 0 Å². The minimum absolute atomic E-state index is 0.0965. The molecule has 0 spiro atoms. The lowest BCUT2D eigenvalue weighted by Crippen LogP contribution is -2.40. The molecule has 1 aliphatic carbocycles. The van der Waals surface area contributed by atoms with Crippen molar-refractivity contribution < 1.29 is 9.53 Å². The lowest BCUT2D eigenvalue weighted by molar-refractivity contribution is -0.148. The maximum atomic E-state index is 11.6. The van der Waals surface area contributed by atoms with Crippen molar-refractivity contribution >= 4 is 5.97 Å². The number of ether oxygens (including phenoxy) is 1. The Hall–Kier alpha value is -0.570. The molecule has 0 aliphatic heterocycles. The third-order valence-electron chi connectivity index (χ3n) is 3.56. The molecule has 0 aromatic heterocycles. The van der Waals surface area contributed by atoms with E-state index in [9.17, 15) is 4.79 Å². The summed E-state index contributed by atoms with van der Waals surface area (Å²) in [6, 6.07) is -0.109. The first-order chi connectivity index (χ1) is 7.65. The average molecular weight is 227 g/mol. The quantitative estimate of drug-likeness (QED) is 0.676. The number of carbonyl (C=O) groups is 1. The van der Waals surface area contributed by atoms with Crippen LogP contribution >= 0.6 is 0 Å². The second-order valence-electron chi connectivity index (χ2n) is 4.87. The van der Waals surface area contributed by atoms with Gasteiger partial charge in [0.15, 0.2) is 0 Å². The van der Waals surface area contributed by atoms with E-state index in [1.807, 2.05) is 20.9 Å². The molecule has 94 valence electrons. The molecule has 1 unspecified atom stereocenters. The zero-order valence-corrected chi connectivity index (χ0v) is 10.9. The predicted molar refractivity (Wildman–Crippen MR) is 65.3 cm³/mol. The molecule has 0 amide bonds. The standard InChI is InChI=1S/C13H25NO2/c1-4-16-13(15)11(2)14(3)10-12-8-6-5-7-9-12/h11-12H,4-10H2,1-3H3. The molecule has 3 heteroatoms. The Morgan fingerprint density at radius 3 is 2.56 bits per heavy atom. The molecule has 0 aromatic rings. The Kier molecular flexibility index (Phi) is 5.81. The van der Waals surface area contributed by atoms with Gasteiger partial charge >= 0.3 is 5.97 Å². The molecule has 0 radical (unpaired) electrons. The van der Waals surface area contributed by atoms with Gasteiger partial charge in [-0.25, -0.2) is 0 Å². The number of nitrogens with zero attached hydrogens (tertiary/aromatic N) is 1. The molecule has 1 saturated carbocycles. The van der Waals surface area contributed by atoms with E-state index in [1.165, 1.54) is 32.1 Å². The molecule has 1 aliphatic rings. The molecule has 0 saturated heterocycles. The number of rotatable bonds is 5. The highest BCUT2D eigenvalue weighted by atomic mass is 16.5. The first-order valence-corrected chi connectivity index (χ1v) is 6.52. The monoisotopic (exact) mass is 227 g/mol. The van der Waals surface area contributed by atoms with Crippen LogP contribution in [-0.2, 0) is 9.53 Å². The van der Waals surface area contributed by atoms with Gasteiger partial charge in [-0.3, -0.25) is 9.69 Å². The van der Waals surface area contributed by atoms with E-state index in [0.717, 1.165) is 12.5 Å². The third kappa shape index (κ3) is 4.12. The van der Waals surface area contributed by atoms with Crippen molar-refractivity contribution in [1.82, 2.24) is 4.90 Å². The summed E-state index contributed by atoms with van der Waals surface area (Å²) < 4.78 is 5.03. The smallest absolute Gasteiger partial charge is 0.323 e. The molecule has 16 heavy (non-hydrogen) atoms. The Balaban J connectivity index is 2.32. The van der Waals surface area contributed by atoms with E-state index in [0.29, 0.717) is 6.61 Å². The maximum absolute atomic E-state index is 11.6. The number of likely N-dealkylation sites (N-methyl/N-ethyl adjacent to an activating group) is 1. The van der Waals surface area contributed by atoms with Crippen LogP contribution in [0.5, 0.6) is 0 Å². The van der Waals surface area contributed by atoms with Gasteiger partial charge in [0.1, 0.15) is 6.04 Å². The van der Waals surface area contributed by atoms with Gasteiger partial charge in [-0.1, -0.05) is 19.3 Å². The minimum atomic E-state index is -0.109. The predicted octanol–water partition coefficient (Wildman–Crippen LogP) is 2.45. The summed E-state index contributed by atoms with van der Waals surface area (Å²) in [4.78, 5) is 13.7. The molecule has 1 fully saturated rings. The summed E-state index contributed by atoms with van der Waals surface area (Å²) in [5, 5.41) is 0. The Labute approximate surface area is 99.1 Å². The van der Waals surface area contributed by atoms with E-state index in [-0.39, 0.29) is 12.0 Å². The summed E-state index contributed by atoms with van der Waals surface area (Å²) in [5.74, 6) is 0.677. The Morgan fingerprint density at radius 1 is 1.38 bits per heavy atom. The number of carbonyl (C=O) groups excluding carboxylic acids is 1. The second kappa shape index (κ2) is 6.89. The van der Waals surface area contributed by atoms with E-state index in [1.54, 1.807) is 0 Å². The highest BCUT2D eigenvalue weighted by Crippen LogP contribution is 2.24. The summed E-state index contributed by atoms with van der Waals surface area (Å²) in [5.41, 5.74) is 0.